The van der Waals surface area contributed by atoms with Crippen LogP contribution in [0.15, 0.2) is 43.0 Å². The number of halogens is 6. The number of aryl methyl sites for hydroxylation is 1. The van der Waals surface area contributed by atoms with Gasteiger partial charge in [-0.25, -0.2) is 19.9 Å². The molecule has 5 aromatic heterocycles. The highest BCUT2D eigenvalue weighted by Gasteiger charge is 2.45. The fraction of sp³-hybridized carbons (Fsp3) is 0.522. The van der Waals surface area contributed by atoms with Gasteiger partial charge < -0.3 is 29.7 Å². The molecule has 6 aromatic rings. The van der Waals surface area contributed by atoms with Crippen LogP contribution in [0, 0.1) is 29.1 Å². The summed E-state index contributed by atoms with van der Waals surface area (Å²) in [5.74, 6) is 1.39. The van der Waals surface area contributed by atoms with E-state index in [1.807, 2.05) is 10.6 Å². The monoisotopic (exact) mass is 965 g/mol. The van der Waals surface area contributed by atoms with Crippen molar-refractivity contribution in [1.82, 2.24) is 40.0 Å². The number of hydrogen-bond donors (Lipinski definition) is 2. The summed E-state index contributed by atoms with van der Waals surface area (Å²) in [7, 11) is 0. The number of rotatable bonds is 8. The number of ether oxygens (including phenoxy) is 1. The number of anilines is 2. The topological polar surface area (TPSA) is 140 Å². The third kappa shape index (κ3) is 9.64. The lowest BCUT2D eigenvalue weighted by Gasteiger charge is -2.26. The normalized spacial score (nSPS) is 23.6. The molecule has 2 unspecified atom stereocenters. The van der Waals surface area contributed by atoms with Crippen molar-refractivity contribution >= 4 is 71.6 Å². The lowest BCUT2D eigenvalue weighted by Crippen LogP contribution is -2.44. The highest BCUT2D eigenvalue weighted by molar-refractivity contribution is 7.19. The number of nitriles is 1. The summed E-state index contributed by atoms with van der Waals surface area (Å²) in [6.45, 7) is 11.3. The molecule has 5 aliphatic heterocycles. The minimum Gasteiger partial charge on any atom is -0.365 e. The van der Waals surface area contributed by atoms with Crippen LogP contribution in [0.2, 0.25) is 0 Å². The summed E-state index contributed by atoms with van der Waals surface area (Å²) in [6, 6.07) is 11.7. The van der Waals surface area contributed by atoms with Gasteiger partial charge in [0.05, 0.1) is 36.3 Å². The number of thiophene rings is 2. The molecule has 1 amide bonds. The average molecular weight is 966 g/mol. The summed E-state index contributed by atoms with van der Waals surface area (Å²) >= 11 is 2.20. The van der Waals surface area contributed by atoms with Gasteiger partial charge in [-0.2, -0.15) is 31.6 Å². The van der Waals surface area contributed by atoms with E-state index in [1.165, 1.54) is 18.2 Å². The van der Waals surface area contributed by atoms with Crippen molar-refractivity contribution in [3.05, 3.63) is 69.6 Å². The Kier molecular flexibility index (Phi) is 12.1. The smallest absolute Gasteiger partial charge is 0.365 e. The van der Waals surface area contributed by atoms with Crippen LogP contribution < -0.4 is 20.4 Å². The summed E-state index contributed by atoms with van der Waals surface area (Å²) in [4.78, 5) is 37.5. The van der Waals surface area contributed by atoms with Crippen molar-refractivity contribution in [3.63, 3.8) is 0 Å². The molecular formula is C46H49F6N11O2S2. The first-order valence-electron chi connectivity index (χ1n) is 22.5. The Morgan fingerprint density at radius 1 is 0.821 bits per heavy atom. The number of morpholine rings is 1. The first kappa shape index (κ1) is 45.6. The Labute approximate surface area is 390 Å². The van der Waals surface area contributed by atoms with Crippen molar-refractivity contribution in [3.8, 4) is 6.07 Å². The van der Waals surface area contributed by atoms with Crippen LogP contribution in [-0.2, 0) is 35.5 Å². The first-order chi connectivity index (χ1) is 32.0. The molecule has 5 aliphatic rings. The third-order valence-corrected chi connectivity index (χ3v) is 16.2. The van der Waals surface area contributed by atoms with Gasteiger partial charge in [-0.15, -0.1) is 22.7 Å². The summed E-state index contributed by atoms with van der Waals surface area (Å²) in [6.07, 6.45) is -3.26. The molecule has 0 radical (unpaired) electrons. The van der Waals surface area contributed by atoms with E-state index in [9.17, 15) is 36.4 Å². The van der Waals surface area contributed by atoms with Crippen LogP contribution in [0.3, 0.4) is 0 Å². The second-order valence-corrected chi connectivity index (χ2v) is 21.1. The Morgan fingerprint density at radius 3 is 2.03 bits per heavy atom. The van der Waals surface area contributed by atoms with Crippen LogP contribution in [0.4, 0.5) is 38.0 Å². The zero-order valence-electron chi connectivity index (χ0n) is 36.8. The third-order valence-electron chi connectivity index (χ3n) is 14.1. The number of carbonyl (C=O) groups is 1. The SMILES string of the molecule is Cc1c(CN2CCC3(CCN(c4ncnc5sc(CC(F)(F)F)cc45)C3)C2)ccc2c1cc(C#N)n2C[C@@H]1CNC(=O)CO1.FC(F)(F)Cc1cc2c(N3CCC4(CCNC4)C3)ncnc2s1. The van der Waals surface area contributed by atoms with Gasteiger partial charge in [0.2, 0.25) is 5.91 Å². The Bertz CT molecular complexity index is 2860. The molecule has 3 atom stereocenters. The van der Waals surface area contributed by atoms with Crippen molar-refractivity contribution in [1.29, 1.82) is 5.26 Å². The Hall–Kier alpha value is -5.14. The van der Waals surface area contributed by atoms with Gasteiger partial charge in [0.25, 0.3) is 0 Å². The highest BCUT2D eigenvalue weighted by atomic mass is 32.1. The van der Waals surface area contributed by atoms with Crippen LogP contribution in [0.5, 0.6) is 0 Å². The molecule has 1 aromatic carbocycles. The van der Waals surface area contributed by atoms with Crippen LogP contribution >= 0.6 is 22.7 Å². The lowest BCUT2D eigenvalue weighted by atomic mass is 9.86. The molecule has 11 rings (SSSR count). The van der Waals surface area contributed by atoms with E-state index in [0.717, 1.165) is 141 Å². The molecule has 10 heterocycles. The predicted molar refractivity (Wildman–Crippen MR) is 244 cm³/mol. The van der Waals surface area contributed by atoms with Gasteiger partial charge in [-0.05, 0) is 81.1 Å². The van der Waals surface area contributed by atoms with Gasteiger partial charge in [0.1, 0.15) is 52.3 Å². The van der Waals surface area contributed by atoms with Gasteiger partial charge in [-0.3, -0.25) is 9.69 Å². The van der Waals surface area contributed by atoms with E-state index in [-0.39, 0.29) is 28.9 Å². The van der Waals surface area contributed by atoms with Crippen LogP contribution in [0.25, 0.3) is 31.3 Å². The molecule has 354 valence electrons. The summed E-state index contributed by atoms with van der Waals surface area (Å²) in [5, 5.41) is 18.6. The van der Waals surface area contributed by atoms with Crippen molar-refractivity contribution < 1.29 is 35.9 Å². The summed E-state index contributed by atoms with van der Waals surface area (Å²) < 4.78 is 84.6. The predicted octanol–water partition coefficient (Wildman–Crippen LogP) is 7.53. The maximum Gasteiger partial charge on any atom is 0.393 e. The zero-order valence-corrected chi connectivity index (χ0v) is 38.4. The molecule has 5 saturated heterocycles. The first-order valence-corrected chi connectivity index (χ1v) is 24.1. The molecule has 2 spiro atoms. The molecule has 0 saturated carbocycles. The number of hydrogen-bond acceptors (Lipinski definition) is 13. The molecule has 0 bridgehead atoms. The maximum atomic E-state index is 13.0. The number of carbonyl (C=O) groups excluding carboxylic acids is 1. The van der Waals surface area contributed by atoms with E-state index < -0.39 is 25.2 Å². The molecule has 13 nitrogen and oxygen atoms in total. The van der Waals surface area contributed by atoms with E-state index in [1.54, 1.807) is 12.1 Å². The van der Waals surface area contributed by atoms with Gasteiger partial charge in [0.15, 0.2) is 0 Å². The average Bonchev–Trinajstić information content (AvgIpc) is 4.16. The fourth-order valence-corrected chi connectivity index (χ4v) is 12.8. The van der Waals surface area contributed by atoms with Crippen LogP contribution in [-0.4, -0.2) is 119 Å². The van der Waals surface area contributed by atoms with Crippen LogP contribution in [0.1, 0.15) is 52.3 Å². The van der Waals surface area contributed by atoms with Gasteiger partial charge in [0, 0.05) is 83.8 Å². The van der Waals surface area contributed by atoms with Crippen molar-refractivity contribution in [2.75, 3.05) is 75.3 Å². The van der Waals surface area contributed by atoms with Crippen molar-refractivity contribution in [2.24, 2.45) is 10.8 Å². The number of aromatic nitrogens is 5. The van der Waals surface area contributed by atoms with E-state index >= 15 is 0 Å². The molecule has 0 aliphatic carbocycles. The number of benzene rings is 1. The number of amides is 1. The number of likely N-dealkylation sites (tertiary alicyclic amines) is 1. The standard InChI is InChI=1S/C31H32F3N7O2S.C15H17F3N4S/c1-19-20(2-3-26-24(19)8-21(11-35)41(26)14-22-12-36-27(42)15-43-22)13-39-6-4-30(16-39)5-7-40(17-30)28-25-9-23(10-31(32,33)34)44-29(25)38-18-37-28;16-15(17,18)6-10-5-11-12(20-9-21-13(11)23-10)22-4-2-14(8-22)1-3-19-7-14/h2-3,8-9,18,22H,4-7,10,12-17H2,1H3,(H,36,42);5,9,19H,1-4,6-8H2/t22-,30?;/m0./s1. The number of nitrogens with one attached hydrogen (secondary N) is 2. The maximum absolute atomic E-state index is 13.0. The molecule has 2 N–H and O–H groups in total. The molecule has 21 heteroatoms. The Balaban J connectivity index is 0.000000191. The van der Waals surface area contributed by atoms with Gasteiger partial charge >= 0.3 is 12.4 Å². The number of nitrogens with zero attached hydrogens (tertiary/aromatic N) is 9. The largest absolute Gasteiger partial charge is 0.393 e. The minimum absolute atomic E-state index is 0.0320. The lowest BCUT2D eigenvalue weighted by molar-refractivity contribution is -0.133. The molecule has 5 fully saturated rings. The highest BCUT2D eigenvalue weighted by Crippen LogP contribution is 2.44. The molecule has 67 heavy (non-hydrogen) atoms. The van der Waals surface area contributed by atoms with Gasteiger partial charge in [-0.1, -0.05) is 6.07 Å². The molecular weight excluding hydrogens is 917 g/mol. The number of fused-ring (bicyclic) bond motifs is 3. The zero-order chi connectivity index (χ0) is 46.7. The Morgan fingerprint density at radius 2 is 1.45 bits per heavy atom. The van der Waals surface area contributed by atoms with E-state index in [2.05, 4.69) is 70.4 Å². The second-order valence-electron chi connectivity index (χ2n) is 18.8. The second kappa shape index (κ2) is 17.7. The quantitative estimate of drug-likeness (QED) is 0.146. The number of alkyl halides is 6. The fourth-order valence-electron chi connectivity index (χ4n) is 10.8. The minimum atomic E-state index is -4.26. The van der Waals surface area contributed by atoms with E-state index in [4.69, 9.17) is 4.74 Å². The summed E-state index contributed by atoms with van der Waals surface area (Å²) in [5.41, 5.74) is 4.33. The van der Waals surface area contributed by atoms with E-state index in [0.29, 0.717) is 44.1 Å². The van der Waals surface area contributed by atoms with Crippen molar-refractivity contribution in [2.45, 2.75) is 77.0 Å².